The molecule has 3 aromatic rings. The average Bonchev–Trinajstić information content (AvgIpc) is 2.67. The van der Waals surface area contributed by atoms with E-state index in [-0.39, 0.29) is 0 Å². The third-order valence-electron chi connectivity index (χ3n) is 4.01. The molecule has 0 N–H and O–H groups in total. The van der Waals surface area contributed by atoms with E-state index in [1.165, 1.54) is 15.9 Å². The first-order valence-electron chi connectivity index (χ1n) is 8.02. The molecule has 0 bridgehead atoms. The molecule has 0 saturated heterocycles. The molecule has 0 aliphatic heterocycles. The molecule has 3 aromatic carbocycles. The Kier molecular flexibility index (Phi) is 8.31. The van der Waals surface area contributed by atoms with Crippen LogP contribution in [-0.2, 0) is 14.7 Å². The number of hydrogen-bond donors (Lipinski definition) is 0. The molecule has 0 saturated carbocycles. The second kappa shape index (κ2) is 10.2. The van der Waals surface area contributed by atoms with E-state index in [1.54, 1.807) is 0 Å². The fourth-order valence-corrected chi connectivity index (χ4v) is 7.74. The van der Waals surface area contributed by atoms with Gasteiger partial charge in [0, 0.05) is 0 Å². The summed E-state index contributed by atoms with van der Waals surface area (Å²) in [5.41, 5.74) is 0. The number of alkyl halides is 1. The van der Waals surface area contributed by atoms with Gasteiger partial charge in [-0.2, -0.15) is 0 Å². The molecule has 27 heavy (non-hydrogen) atoms. The molecule has 3 rings (SSSR count). The molecule has 7 heteroatoms. The zero-order valence-corrected chi connectivity index (χ0v) is 17.0. The van der Waals surface area contributed by atoms with Gasteiger partial charge in [0.15, 0.2) is 0 Å². The predicted octanol–water partition coefficient (Wildman–Crippen LogP) is 5.90. The molecule has 0 aliphatic carbocycles. The summed E-state index contributed by atoms with van der Waals surface area (Å²) in [5.74, 6) is 0.659. The summed E-state index contributed by atoms with van der Waals surface area (Å²) in [7, 11) is -1.69. The molecule has 0 atom stereocenters. The van der Waals surface area contributed by atoms with E-state index in [1.807, 2.05) is 0 Å². The SMILES string of the molecule is ClCC[P+](c1ccccc1)(c1ccccc1)c1ccccc1.[F][Fe-]([F])([F])[F]. The van der Waals surface area contributed by atoms with Crippen LogP contribution >= 0.6 is 18.9 Å². The van der Waals surface area contributed by atoms with Crippen molar-refractivity contribution in [3.8, 4) is 0 Å². The molecule has 0 unspecified atom stereocenters. The molecule has 0 nitrogen and oxygen atoms in total. The molecule has 0 amide bonds. The van der Waals surface area contributed by atoms with Gasteiger partial charge in [-0.1, -0.05) is 54.6 Å². The second-order valence-electron chi connectivity index (χ2n) is 5.53. The summed E-state index contributed by atoms with van der Waals surface area (Å²) in [4.78, 5) is 0. The second-order valence-corrected chi connectivity index (χ2v) is 10.5. The average molecular weight is 458 g/mol. The van der Waals surface area contributed by atoms with E-state index in [0.29, 0.717) is 5.88 Å². The van der Waals surface area contributed by atoms with E-state index in [2.05, 4.69) is 91.0 Å². The first-order chi connectivity index (χ1) is 12.9. The minimum atomic E-state index is -6.50. The van der Waals surface area contributed by atoms with Crippen molar-refractivity contribution in [1.82, 2.24) is 0 Å². The standard InChI is InChI=1S/C20H19ClP.4FH.Fe/c21-16-17-22(18-10-4-1-5-11-18,19-12-6-2-7-13-19)20-14-8-3-9-15-20;;;;;/h1-15H,16-17H2;4*1H;/q+1;;;;;+3/p-4. The maximum absolute atomic E-state index is 9.81. The number of halogens is 5. The summed E-state index contributed by atoms with van der Waals surface area (Å²) in [6, 6.07) is 32.5. The van der Waals surface area contributed by atoms with Crippen LogP contribution in [0.15, 0.2) is 91.0 Å². The van der Waals surface area contributed by atoms with Crippen molar-refractivity contribution in [1.29, 1.82) is 0 Å². The topological polar surface area (TPSA) is 0 Å². The van der Waals surface area contributed by atoms with Gasteiger partial charge in [0.1, 0.15) is 23.2 Å². The van der Waals surface area contributed by atoms with Crippen molar-refractivity contribution < 1.29 is 28.9 Å². The Balaban J connectivity index is 0.000000465. The van der Waals surface area contributed by atoms with E-state index < -0.39 is 21.9 Å². The Morgan fingerprint density at radius 3 is 1.07 bits per heavy atom. The van der Waals surface area contributed by atoms with E-state index in [4.69, 9.17) is 11.6 Å². The van der Waals surface area contributed by atoms with Crippen LogP contribution in [0, 0.1) is 0 Å². The van der Waals surface area contributed by atoms with Gasteiger partial charge in [0.2, 0.25) is 0 Å². The van der Waals surface area contributed by atoms with Crippen molar-refractivity contribution in [2.45, 2.75) is 0 Å². The number of hydrogen-bond acceptors (Lipinski definition) is 0. The van der Waals surface area contributed by atoms with Gasteiger partial charge in [-0.05, 0) is 36.4 Å². The van der Waals surface area contributed by atoms with Crippen LogP contribution < -0.4 is 15.9 Å². The molecule has 0 aromatic heterocycles. The van der Waals surface area contributed by atoms with Gasteiger partial charge in [-0.3, -0.25) is 0 Å². The van der Waals surface area contributed by atoms with Crippen molar-refractivity contribution in [2.75, 3.05) is 12.0 Å². The molecule has 0 aliphatic rings. The third-order valence-corrected chi connectivity index (χ3v) is 8.90. The van der Waals surface area contributed by atoms with Gasteiger partial charge in [0.05, 0.1) is 12.0 Å². The number of rotatable bonds is 5. The van der Waals surface area contributed by atoms with Crippen molar-refractivity contribution >= 4 is 34.8 Å². The Bertz CT molecular complexity index is 696. The zero-order valence-electron chi connectivity index (χ0n) is 14.3. The van der Waals surface area contributed by atoms with Gasteiger partial charge < -0.3 is 0 Å². The van der Waals surface area contributed by atoms with Crippen LogP contribution in [0.3, 0.4) is 0 Å². The first-order valence-corrected chi connectivity index (χ1v) is 12.2. The third kappa shape index (κ3) is 6.33. The quantitative estimate of drug-likeness (QED) is 0.194. The molecular weight excluding hydrogens is 438 g/mol. The van der Waals surface area contributed by atoms with E-state index in [0.717, 1.165) is 6.16 Å². The maximum atomic E-state index is 9.81. The predicted molar refractivity (Wildman–Crippen MR) is 105 cm³/mol. The molecule has 0 radical (unpaired) electrons. The van der Waals surface area contributed by atoms with Gasteiger partial charge in [-0.15, -0.1) is 11.6 Å². The van der Waals surface area contributed by atoms with Crippen LogP contribution in [0.2, 0.25) is 0 Å². The van der Waals surface area contributed by atoms with Crippen molar-refractivity contribution in [3.05, 3.63) is 91.0 Å². The van der Waals surface area contributed by atoms with Crippen molar-refractivity contribution in [3.63, 3.8) is 0 Å². The monoisotopic (exact) mass is 457 g/mol. The molecule has 147 valence electrons. The summed E-state index contributed by atoms with van der Waals surface area (Å²) in [6.45, 7) is 0. The van der Waals surface area contributed by atoms with Gasteiger partial charge in [0.25, 0.3) is 0 Å². The minimum absolute atomic E-state index is 0.659. The number of benzene rings is 3. The zero-order chi connectivity index (χ0) is 19.8. The molecular formula is C20H19ClF4FeP. The normalized spacial score (nSPS) is 12.0. The van der Waals surface area contributed by atoms with Crippen LogP contribution in [0.4, 0.5) is 14.2 Å². The van der Waals surface area contributed by atoms with Crippen molar-refractivity contribution in [2.24, 2.45) is 0 Å². The molecule has 0 heterocycles. The summed E-state index contributed by atoms with van der Waals surface area (Å²) in [6.07, 6.45) is 0.979. The van der Waals surface area contributed by atoms with Crippen LogP contribution in [-0.4, -0.2) is 12.0 Å². The van der Waals surface area contributed by atoms with Crippen LogP contribution in [0.5, 0.6) is 0 Å². The Labute approximate surface area is 166 Å². The molecule has 0 spiro atoms. The Morgan fingerprint density at radius 1 is 0.593 bits per heavy atom. The first kappa shape index (κ1) is 21.9. The van der Waals surface area contributed by atoms with Crippen LogP contribution in [0.1, 0.15) is 0 Å². The van der Waals surface area contributed by atoms with Gasteiger partial charge in [-0.25, -0.2) is 0 Å². The molecule has 0 fully saturated rings. The van der Waals surface area contributed by atoms with Crippen LogP contribution in [0.25, 0.3) is 0 Å². The van der Waals surface area contributed by atoms with E-state index >= 15 is 0 Å². The van der Waals surface area contributed by atoms with E-state index in [9.17, 15) is 14.2 Å². The Hall–Kier alpha value is -1.38. The fourth-order valence-electron chi connectivity index (χ4n) is 3.01. The summed E-state index contributed by atoms with van der Waals surface area (Å²) >= 11 is -0.237. The summed E-state index contributed by atoms with van der Waals surface area (Å²) < 4.78 is 39.2. The van der Waals surface area contributed by atoms with Gasteiger partial charge >= 0.3 is 28.9 Å². The fraction of sp³-hybridized carbons (Fsp3) is 0.100. The Morgan fingerprint density at radius 2 is 0.852 bits per heavy atom. The summed E-state index contributed by atoms with van der Waals surface area (Å²) in [5, 5.41) is 4.19.